The van der Waals surface area contributed by atoms with E-state index >= 15 is 0 Å². The van der Waals surface area contributed by atoms with Crippen LogP contribution in [0.3, 0.4) is 0 Å². The number of carbonyl (C=O) groups excluding carboxylic acids is 1. The summed E-state index contributed by atoms with van der Waals surface area (Å²) in [6.07, 6.45) is 7.80. The van der Waals surface area contributed by atoms with Gasteiger partial charge in [-0.1, -0.05) is 19.3 Å². The molecule has 1 spiro atoms. The summed E-state index contributed by atoms with van der Waals surface area (Å²) in [4.78, 5) is 27.4. The highest BCUT2D eigenvalue weighted by Crippen LogP contribution is 2.45. The molecule has 0 unspecified atom stereocenters. The summed E-state index contributed by atoms with van der Waals surface area (Å²) >= 11 is 0. The van der Waals surface area contributed by atoms with Gasteiger partial charge in [0.1, 0.15) is 27.7 Å². The molecule has 4 heterocycles. The Morgan fingerprint density at radius 1 is 1.19 bits per heavy atom. The van der Waals surface area contributed by atoms with Crippen molar-refractivity contribution in [3.8, 4) is 0 Å². The highest BCUT2D eigenvalue weighted by Gasteiger charge is 2.47. The number of carbonyl (C=O) groups is 1. The molecular formula is C23H29N9O3S. The zero-order chi connectivity index (χ0) is 25.7. The van der Waals surface area contributed by atoms with Crippen LogP contribution in [-0.2, 0) is 20.4 Å². The summed E-state index contributed by atoms with van der Waals surface area (Å²) in [5, 5.41) is 15.9. The number of sulfonamides is 1. The molecule has 36 heavy (non-hydrogen) atoms. The molecule has 3 aromatic heterocycles. The summed E-state index contributed by atoms with van der Waals surface area (Å²) in [5.74, 6) is 2.28. The monoisotopic (exact) mass is 511 g/mol. The van der Waals surface area contributed by atoms with Crippen LogP contribution >= 0.6 is 0 Å². The largest absolute Gasteiger partial charge is 0.309 e. The van der Waals surface area contributed by atoms with E-state index in [1.165, 1.54) is 18.3 Å². The predicted molar refractivity (Wildman–Crippen MR) is 136 cm³/mol. The molecule has 3 N–H and O–H groups in total. The third-order valence-electron chi connectivity index (χ3n) is 6.92. The van der Waals surface area contributed by atoms with Crippen LogP contribution in [0.5, 0.6) is 0 Å². The number of anilines is 3. The molecule has 5 rings (SSSR count). The van der Waals surface area contributed by atoms with E-state index in [1.54, 1.807) is 25.1 Å². The Hall–Kier alpha value is -3.58. The molecule has 1 amide bonds. The fraction of sp³-hybridized carbons (Fsp3) is 0.435. The molecule has 1 aliphatic carbocycles. The lowest BCUT2D eigenvalue weighted by molar-refractivity contribution is -0.124. The Kier molecular flexibility index (Phi) is 5.91. The van der Waals surface area contributed by atoms with Crippen LogP contribution < -0.4 is 15.5 Å². The fourth-order valence-corrected chi connectivity index (χ4v) is 5.55. The average molecular weight is 512 g/mol. The van der Waals surface area contributed by atoms with E-state index in [-0.39, 0.29) is 10.8 Å². The molecule has 12 nitrogen and oxygen atoms in total. The van der Waals surface area contributed by atoms with Crippen molar-refractivity contribution in [1.82, 2.24) is 24.4 Å². The molecule has 1 saturated carbocycles. The van der Waals surface area contributed by atoms with Gasteiger partial charge in [-0.3, -0.25) is 9.36 Å². The van der Waals surface area contributed by atoms with Crippen LogP contribution in [0.15, 0.2) is 40.6 Å². The van der Waals surface area contributed by atoms with E-state index in [9.17, 15) is 13.2 Å². The third kappa shape index (κ3) is 3.97. The number of hydrazone groups is 1. The number of aromatic nitrogens is 4. The number of amidine groups is 1. The molecule has 3 aromatic rings. The van der Waals surface area contributed by atoms with Crippen molar-refractivity contribution < 1.29 is 13.2 Å². The SMILES string of the molecule is CCN1N=C(N(C)C(C)=O)C2(CCCCC2)n2c1cc1cnc(Nc3ccc(S(N)(=O)=O)cn3)nc12. The van der Waals surface area contributed by atoms with Gasteiger partial charge >= 0.3 is 0 Å². The number of rotatable bonds is 4. The van der Waals surface area contributed by atoms with Gasteiger partial charge in [-0.25, -0.2) is 28.5 Å². The Bertz CT molecular complexity index is 1460. The van der Waals surface area contributed by atoms with Crippen molar-refractivity contribution in [2.45, 2.75) is 56.4 Å². The van der Waals surface area contributed by atoms with E-state index in [2.05, 4.69) is 19.9 Å². The Morgan fingerprint density at radius 3 is 2.56 bits per heavy atom. The first-order valence-electron chi connectivity index (χ1n) is 11.9. The van der Waals surface area contributed by atoms with Gasteiger partial charge in [-0.05, 0) is 38.0 Å². The van der Waals surface area contributed by atoms with Crippen molar-refractivity contribution in [2.75, 3.05) is 23.9 Å². The molecule has 1 fully saturated rings. The second-order valence-corrected chi connectivity index (χ2v) is 10.7. The number of pyridine rings is 1. The van der Waals surface area contributed by atoms with Gasteiger partial charge in [0.15, 0.2) is 5.84 Å². The number of amides is 1. The topological polar surface area (TPSA) is 152 Å². The van der Waals surface area contributed by atoms with Gasteiger partial charge in [-0.15, -0.1) is 0 Å². The first-order chi connectivity index (χ1) is 17.1. The summed E-state index contributed by atoms with van der Waals surface area (Å²) in [6, 6.07) is 4.92. The standard InChI is InChI=1S/C23H29N9O3S/c1-4-31-19-12-16-13-26-22(27-18-9-8-17(14-25-18)36(24,34)35)28-20(16)32(19)23(10-6-5-7-11-23)21(29-31)30(3)15(2)33/h8-9,12-14H,4-7,10-11H2,1-3H3,(H2,24,34,35)(H,25,26,27,28). The first-order valence-corrected chi connectivity index (χ1v) is 13.4. The van der Waals surface area contributed by atoms with Crippen LogP contribution in [-0.4, -0.2) is 58.2 Å². The number of hydrogen-bond acceptors (Lipinski definition) is 9. The maximum Gasteiger partial charge on any atom is 0.239 e. The minimum atomic E-state index is -3.83. The van der Waals surface area contributed by atoms with Crippen molar-refractivity contribution in [3.05, 3.63) is 30.6 Å². The average Bonchev–Trinajstić information content (AvgIpc) is 3.24. The minimum Gasteiger partial charge on any atom is -0.309 e. The van der Waals surface area contributed by atoms with E-state index in [4.69, 9.17) is 15.2 Å². The molecule has 0 aromatic carbocycles. The maximum atomic E-state index is 12.5. The highest BCUT2D eigenvalue weighted by atomic mass is 32.2. The summed E-state index contributed by atoms with van der Waals surface area (Å²) < 4.78 is 25.3. The smallest absolute Gasteiger partial charge is 0.239 e. The number of fused-ring (bicyclic) bond motifs is 4. The summed E-state index contributed by atoms with van der Waals surface area (Å²) in [5.41, 5.74) is 0.232. The van der Waals surface area contributed by atoms with Crippen LogP contribution in [0.4, 0.5) is 17.6 Å². The number of nitrogens with zero attached hydrogens (tertiary/aromatic N) is 7. The van der Waals surface area contributed by atoms with Crippen molar-refractivity contribution in [2.24, 2.45) is 10.2 Å². The summed E-state index contributed by atoms with van der Waals surface area (Å²) in [7, 11) is -2.06. The van der Waals surface area contributed by atoms with Crippen LogP contribution in [0.2, 0.25) is 0 Å². The third-order valence-corrected chi connectivity index (χ3v) is 7.82. The van der Waals surface area contributed by atoms with Gasteiger partial charge in [0.05, 0.1) is 0 Å². The second kappa shape index (κ2) is 8.82. The van der Waals surface area contributed by atoms with E-state index in [0.717, 1.165) is 54.8 Å². The van der Waals surface area contributed by atoms with E-state index in [0.29, 0.717) is 18.3 Å². The molecular weight excluding hydrogens is 482 g/mol. The van der Waals surface area contributed by atoms with E-state index in [1.807, 2.05) is 18.0 Å². The van der Waals surface area contributed by atoms with Crippen LogP contribution in [0.1, 0.15) is 46.0 Å². The molecule has 0 atom stereocenters. The number of likely N-dealkylation sites (N-methyl/N-ethyl adjacent to an activating group) is 1. The maximum absolute atomic E-state index is 12.5. The molecule has 0 saturated heterocycles. The van der Waals surface area contributed by atoms with Crippen LogP contribution in [0, 0.1) is 0 Å². The van der Waals surface area contributed by atoms with E-state index < -0.39 is 15.6 Å². The van der Waals surface area contributed by atoms with Gasteiger partial charge in [0.25, 0.3) is 0 Å². The number of primary sulfonamides is 1. The van der Waals surface area contributed by atoms with Crippen LogP contribution in [0.25, 0.3) is 11.0 Å². The lowest BCUT2D eigenvalue weighted by Crippen LogP contribution is -2.55. The Balaban J connectivity index is 1.62. The first kappa shape index (κ1) is 24.1. The molecule has 2 aliphatic rings. The molecule has 190 valence electrons. The number of nitrogens with one attached hydrogen (secondary N) is 1. The zero-order valence-electron chi connectivity index (χ0n) is 20.5. The summed E-state index contributed by atoms with van der Waals surface area (Å²) in [6.45, 7) is 4.20. The van der Waals surface area contributed by atoms with Gasteiger partial charge < -0.3 is 10.2 Å². The predicted octanol–water partition coefficient (Wildman–Crippen LogP) is 2.51. The Morgan fingerprint density at radius 2 is 1.94 bits per heavy atom. The quantitative estimate of drug-likeness (QED) is 0.542. The normalized spacial score (nSPS) is 17.1. The van der Waals surface area contributed by atoms with Gasteiger partial charge in [0, 0.05) is 38.3 Å². The van der Waals surface area contributed by atoms with Crippen molar-refractivity contribution >= 4 is 50.4 Å². The number of hydrogen-bond donors (Lipinski definition) is 2. The molecule has 0 bridgehead atoms. The lowest BCUT2D eigenvalue weighted by atomic mass is 9.79. The Labute approximate surface area is 209 Å². The van der Waals surface area contributed by atoms with Gasteiger partial charge in [-0.2, -0.15) is 10.1 Å². The lowest BCUT2D eigenvalue weighted by Gasteiger charge is -2.47. The zero-order valence-corrected chi connectivity index (χ0v) is 21.3. The van der Waals surface area contributed by atoms with Crippen molar-refractivity contribution in [1.29, 1.82) is 0 Å². The van der Waals surface area contributed by atoms with Crippen molar-refractivity contribution in [3.63, 3.8) is 0 Å². The molecule has 0 radical (unpaired) electrons. The number of nitrogens with two attached hydrogens (primary N) is 1. The van der Waals surface area contributed by atoms with Gasteiger partial charge in [0.2, 0.25) is 21.9 Å². The fourth-order valence-electron chi connectivity index (χ4n) is 5.09. The molecule has 1 aliphatic heterocycles. The molecule has 13 heteroatoms. The minimum absolute atomic E-state index is 0.0688. The highest BCUT2D eigenvalue weighted by molar-refractivity contribution is 7.89. The second-order valence-electron chi connectivity index (χ2n) is 9.17.